The van der Waals surface area contributed by atoms with Crippen LogP contribution in [0, 0.1) is 5.92 Å². The molecule has 0 unspecified atom stereocenters. The zero-order valence-corrected chi connectivity index (χ0v) is 19.5. The van der Waals surface area contributed by atoms with Gasteiger partial charge < -0.3 is 14.6 Å². The van der Waals surface area contributed by atoms with E-state index in [9.17, 15) is 5.11 Å². The summed E-state index contributed by atoms with van der Waals surface area (Å²) in [6.45, 7) is 9.66. The topological polar surface area (TPSA) is 49.7 Å². The SMILES string of the molecule is C[C@H](CO)C[C@H](O)CCCCO[Si](c1ccccc1)(c1ccccc1)C(C)(C)C. The van der Waals surface area contributed by atoms with Gasteiger partial charge in [-0.25, -0.2) is 0 Å². The number of hydrogen-bond acceptors (Lipinski definition) is 3. The first kappa shape index (κ1) is 23.8. The lowest BCUT2D eigenvalue weighted by atomic mass is 10.0. The number of benzene rings is 2. The fourth-order valence-corrected chi connectivity index (χ4v) is 8.73. The van der Waals surface area contributed by atoms with E-state index in [0.29, 0.717) is 13.0 Å². The van der Waals surface area contributed by atoms with Crippen LogP contribution in [-0.4, -0.2) is 37.8 Å². The summed E-state index contributed by atoms with van der Waals surface area (Å²) in [4.78, 5) is 0. The van der Waals surface area contributed by atoms with Crippen molar-refractivity contribution in [1.29, 1.82) is 0 Å². The zero-order valence-electron chi connectivity index (χ0n) is 18.5. The first-order chi connectivity index (χ1) is 13.8. The second kappa shape index (κ2) is 11.1. The third-order valence-corrected chi connectivity index (χ3v) is 10.7. The van der Waals surface area contributed by atoms with E-state index < -0.39 is 8.32 Å². The molecule has 0 aliphatic heterocycles. The molecule has 29 heavy (non-hydrogen) atoms. The van der Waals surface area contributed by atoms with Gasteiger partial charge in [-0.05, 0) is 47.0 Å². The van der Waals surface area contributed by atoms with Gasteiger partial charge in [-0.1, -0.05) is 88.4 Å². The Morgan fingerprint density at radius 3 is 1.86 bits per heavy atom. The molecule has 0 amide bonds. The predicted molar refractivity (Wildman–Crippen MR) is 124 cm³/mol. The molecule has 2 atom stereocenters. The third-order valence-electron chi connectivity index (χ3n) is 5.65. The Kier molecular flexibility index (Phi) is 9.09. The molecule has 0 saturated carbocycles. The van der Waals surface area contributed by atoms with Crippen molar-refractivity contribution in [2.45, 2.75) is 64.5 Å². The van der Waals surface area contributed by atoms with Crippen LogP contribution in [0.15, 0.2) is 60.7 Å². The Bertz CT molecular complexity index is 658. The molecule has 0 bridgehead atoms. The molecule has 2 N–H and O–H groups in total. The molecule has 0 saturated heterocycles. The van der Waals surface area contributed by atoms with Gasteiger partial charge >= 0.3 is 0 Å². The molecule has 3 nitrogen and oxygen atoms in total. The number of hydrogen-bond donors (Lipinski definition) is 2. The van der Waals surface area contributed by atoms with Gasteiger partial charge in [0.25, 0.3) is 8.32 Å². The van der Waals surface area contributed by atoms with E-state index in [-0.39, 0.29) is 23.7 Å². The summed E-state index contributed by atoms with van der Waals surface area (Å²) in [6.07, 6.45) is 2.93. The van der Waals surface area contributed by atoms with E-state index >= 15 is 0 Å². The zero-order chi connectivity index (χ0) is 21.3. The molecule has 0 radical (unpaired) electrons. The highest BCUT2D eigenvalue weighted by atomic mass is 28.4. The van der Waals surface area contributed by atoms with Crippen molar-refractivity contribution in [3.05, 3.63) is 60.7 Å². The van der Waals surface area contributed by atoms with E-state index in [1.165, 1.54) is 10.4 Å². The average molecular weight is 415 g/mol. The van der Waals surface area contributed by atoms with E-state index in [1.807, 2.05) is 6.92 Å². The third kappa shape index (κ3) is 6.26. The van der Waals surface area contributed by atoms with E-state index in [2.05, 4.69) is 81.4 Å². The average Bonchev–Trinajstić information content (AvgIpc) is 2.71. The number of aliphatic hydroxyl groups excluding tert-OH is 2. The Morgan fingerprint density at radius 1 is 0.897 bits per heavy atom. The van der Waals surface area contributed by atoms with Crippen LogP contribution in [-0.2, 0) is 4.43 Å². The maximum absolute atomic E-state index is 10.2. The molecule has 2 aromatic rings. The van der Waals surface area contributed by atoms with Crippen LogP contribution in [0.2, 0.25) is 5.04 Å². The molecule has 0 aliphatic rings. The summed E-state index contributed by atoms with van der Waals surface area (Å²) in [5.41, 5.74) is 0. The van der Waals surface area contributed by atoms with Gasteiger partial charge in [-0.3, -0.25) is 0 Å². The second-order valence-electron chi connectivity index (χ2n) is 9.18. The van der Waals surface area contributed by atoms with Crippen molar-refractivity contribution >= 4 is 18.7 Å². The predicted octanol–water partition coefficient (Wildman–Crippen LogP) is 4.11. The van der Waals surface area contributed by atoms with Gasteiger partial charge in [-0.2, -0.15) is 0 Å². The van der Waals surface area contributed by atoms with Crippen LogP contribution in [0.25, 0.3) is 0 Å². The molecular weight excluding hydrogens is 376 g/mol. The standard InChI is InChI=1S/C25H38O3Si/c1-21(20-26)19-22(27)13-11-12-18-28-29(25(2,3)4,23-14-7-5-8-15-23)24-16-9-6-10-17-24/h5-10,14-17,21-22,26-27H,11-13,18-20H2,1-4H3/t21-,22+/m0/s1. The van der Waals surface area contributed by atoms with Crippen LogP contribution in [0.1, 0.15) is 53.4 Å². The molecule has 0 heterocycles. The van der Waals surface area contributed by atoms with Crippen LogP contribution >= 0.6 is 0 Å². The number of unbranched alkanes of at least 4 members (excludes halogenated alkanes) is 1. The van der Waals surface area contributed by atoms with Crippen molar-refractivity contribution in [3.8, 4) is 0 Å². The largest absolute Gasteiger partial charge is 0.407 e. The highest BCUT2D eigenvalue weighted by molar-refractivity contribution is 6.99. The molecule has 2 rings (SSSR count). The maximum atomic E-state index is 10.2. The highest BCUT2D eigenvalue weighted by Gasteiger charge is 2.49. The van der Waals surface area contributed by atoms with Crippen molar-refractivity contribution in [2.75, 3.05) is 13.2 Å². The summed E-state index contributed by atoms with van der Waals surface area (Å²) in [5, 5.41) is 21.9. The van der Waals surface area contributed by atoms with E-state index in [0.717, 1.165) is 19.3 Å². The van der Waals surface area contributed by atoms with Crippen molar-refractivity contribution in [3.63, 3.8) is 0 Å². The smallest absolute Gasteiger partial charge is 0.261 e. The molecule has 0 aromatic heterocycles. The minimum absolute atomic E-state index is 0.00816. The molecule has 0 spiro atoms. The van der Waals surface area contributed by atoms with Crippen molar-refractivity contribution < 1.29 is 14.6 Å². The van der Waals surface area contributed by atoms with Gasteiger partial charge in [0.1, 0.15) is 0 Å². The lowest BCUT2D eigenvalue weighted by Gasteiger charge is -2.43. The summed E-state index contributed by atoms with van der Waals surface area (Å²) >= 11 is 0. The summed E-state index contributed by atoms with van der Waals surface area (Å²) in [6, 6.07) is 21.4. The lowest BCUT2D eigenvalue weighted by Crippen LogP contribution is -2.66. The summed E-state index contributed by atoms with van der Waals surface area (Å²) in [5.74, 6) is 0.151. The van der Waals surface area contributed by atoms with Crippen LogP contribution < -0.4 is 10.4 Å². The lowest BCUT2D eigenvalue weighted by molar-refractivity contribution is 0.111. The number of aliphatic hydroxyl groups is 2. The second-order valence-corrected chi connectivity index (χ2v) is 13.5. The van der Waals surface area contributed by atoms with Gasteiger partial charge in [0.05, 0.1) is 6.10 Å². The molecule has 0 aliphatic carbocycles. The van der Waals surface area contributed by atoms with Crippen molar-refractivity contribution in [2.24, 2.45) is 5.92 Å². The first-order valence-electron chi connectivity index (χ1n) is 10.8. The Hall–Kier alpha value is -1.46. The summed E-state index contributed by atoms with van der Waals surface area (Å²) in [7, 11) is -2.45. The maximum Gasteiger partial charge on any atom is 0.261 e. The monoisotopic (exact) mass is 414 g/mol. The Morgan fingerprint density at radius 2 is 1.41 bits per heavy atom. The molecule has 4 heteroatoms. The van der Waals surface area contributed by atoms with Gasteiger partial charge in [0.15, 0.2) is 0 Å². The fourth-order valence-electron chi connectivity index (χ4n) is 4.13. The van der Waals surface area contributed by atoms with Gasteiger partial charge in [-0.15, -0.1) is 0 Å². The minimum atomic E-state index is -2.45. The molecule has 160 valence electrons. The summed E-state index contributed by atoms with van der Waals surface area (Å²) < 4.78 is 6.87. The Balaban J connectivity index is 2.13. The molecule has 0 fully saturated rings. The fraction of sp³-hybridized carbons (Fsp3) is 0.520. The quantitative estimate of drug-likeness (QED) is 0.430. The van der Waals surface area contributed by atoms with Crippen LogP contribution in [0.4, 0.5) is 0 Å². The molecule has 2 aromatic carbocycles. The van der Waals surface area contributed by atoms with Crippen LogP contribution in [0.5, 0.6) is 0 Å². The first-order valence-corrected chi connectivity index (χ1v) is 12.8. The molecular formula is C25H38O3Si. The van der Waals surface area contributed by atoms with E-state index in [1.54, 1.807) is 0 Å². The van der Waals surface area contributed by atoms with Gasteiger partial charge in [0, 0.05) is 13.2 Å². The van der Waals surface area contributed by atoms with Crippen molar-refractivity contribution in [1.82, 2.24) is 0 Å². The Labute approximate surface area is 177 Å². The van der Waals surface area contributed by atoms with E-state index in [4.69, 9.17) is 9.53 Å². The highest BCUT2D eigenvalue weighted by Crippen LogP contribution is 2.36. The normalized spacial score (nSPS) is 14.6. The van der Waals surface area contributed by atoms with Gasteiger partial charge in [0.2, 0.25) is 0 Å². The van der Waals surface area contributed by atoms with Crippen LogP contribution in [0.3, 0.4) is 0 Å². The minimum Gasteiger partial charge on any atom is -0.407 e. The number of rotatable bonds is 11.